The third kappa shape index (κ3) is 13.6. The van der Waals surface area contributed by atoms with Gasteiger partial charge in [-0.15, -0.1) is 22.7 Å². The van der Waals surface area contributed by atoms with Crippen LogP contribution in [0.25, 0.3) is 186 Å². The van der Waals surface area contributed by atoms with Crippen molar-refractivity contribution in [1.82, 2.24) is 29.9 Å². The second-order valence-electron chi connectivity index (χ2n) is 36.0. The lowest BCUT2D eigenvalue weighted by molar-refractivity contribution is 0.00578. The molecular formula is C124H90BClN6O2S2. The van der Waals surface area contributed by atoms with Crippen LogP contribution in [0, 0.1) is 0 Å². The van der Waals surface area contributed by atoms with E-state index in [2.05, 4.69) is 421 Å². The van der Waals surface area contributed by atoms with Gasteiger partial charge >= 0.3 is 7.12 Å². The van der Waals surface area contributed by atoms with Gasteiger partial charge in [0, 0.05) is 68.2 Å². The summed E-state index contributed by atoms with van der Waals surface area (Å²) in [5, 5.41) is 5.43. The number of thiophene rings is 2. The van der Waals surface area contributed by atoms with Crippen LogP contribution in [0.1, 0.15) is 87.1 Å². The first-order valence-electron chi connectivity index (χ1n) is 45.6. The second kappa shape index (κ2) is 33.7. The predicted molar refractivity (Wildman–Crippen MR) is 568 cm³/mol. The summed E-state index contributed by atoms with van der Waals surface area (Å²) in [6, 6.07) is 152. The lowest BCUT2D eigenvalue weighted by Crippen LogP contribution is -2.41. The van der Waals surface area contributed by atoms with Crippen molar-refractivity contribution in [3.63, 3.8) is 0 Å². The molecule has 27 rings (SSSR count). The van der Waals surface area contributed by atoms with Crippen molar-refractivity contribution in [2.24, 2.45) is 0 Å². The Morgan fingerprint density at radius 2 is 0.478 bits per heavy atom. The fraction of sp³-hybridized carbons (Fsp3) is 0.0806. The molecule has 0 bridgehead atoms. The Labute approximate surface area is 805 Å². The molecule has 18 aromatic carbocycles. The molecule has 2 spiro atoms. The van der Waals surface area contributed by atoms with Crippen LogP contribution in [0.15, 0.2) is 425 Å². The molecule has 0 unspecified atom stereocenters. The molecule has 1 aliphatic heterocycles. The molecule has 650 valence electrons. The lowest BCUT2D eigenvalue weighted by atomic mass is 9.70. The zero-order valence-electron chi connectivity index (χ0n) is 73.7. The Hall–Kier alpha value is -15.3. The van der Waals surface area contributed by atoms with Crippen molar-refractivity contribution in [3.05, 3.63) is 474 Å². The van der Waals surface area contributed by atoms with E-state index in [0.29, 0.717) is 29.1 Å². The molecule has 5 aliphatic rings. The molecule has 0 saturated carbocycles. The van der Waals surface area contributed by atoms with Crippen molar-refractivity contribution >= 4 is 87.2 Å². The SMILES string of the molecule is C.C.CC1(C)OB(c2ccc(-c3cccc4c3sc3ccccc34)cc2)OC1(C)C.Clc1nc(-c2ccc(-c3ccccc3)cc2)nc(-c2cccc3c2-c2ccccc2C32c3ccccc3-c3ccccc32)n1.c1ccc(-c2ccc(-c3nc(-c4ccc(-c5cccc6c5sc5ccccc56)cc4)nc(-c4cccc5c4-c4ccccc4C54c5ccccc5-c5ccccc54)n3)cc2)cc1. The minimum atomic E-state index is -0.464. The molecule has 4 aromatic heterocycles. The largest absolute Gasteiger partial charge is 0.494 e. The minimum absolute atomic E-state index is 0. The number of hydrogen-bond acceptors (Lipinski definition) is 10. The normalized spacial score (nSPS) is 14.0. The van der Waals surface area contributed by atoms with Gasteiger partial charge in [0.05, 0.1) is 22.0 Å². The van der Waals surface area contributed by atoms with E-state index in [1.807, 2.05) is 59.1 Å². The van der Waals surface area contributed by atoms with E-state index < -0.39 is 10.8 Å². The van der Waals surface area contributed by atoms with Crippen LogP contribution < -0.4 is 5.46 Å². The molecular weight excluding hydrogens is 1720 g/mol. The van der Waals surface area contributed by atoms with Gasteiger partial charge in [-0.05, 0) is 190 Å². The van der Waals surface area contributed by atoms with Crippen LogP contribution in [0.4, 0.5) is 0 Å². The molecule has 12 heteroatoms. The van der Waals surface area contributed by atoms with E-state index in [0.717, 1.165) is 61.1 Å². The van der Waals surface area contributed by atoms with Gasteiger partial charge in [0.15, 0.2) is 29.1 Å². The highest BCUT2D eigenvalue weighted by Gasteiger charge is 2.55. The summed E-state index contributed by atoms with van der Waals surface area (Å²) in [6.07, 6.45) is 0. The van der Waals surface area contributed by atoms with Crippen LogP contribution in [0.2, 0.25) is 5.28 Å². The van der Waals surface area contributed by atoms with Crippen molar-refractivity contribution in [2.75, 3.05) is 0 Å². The Kier molecular flexibility index (Phi) is 21.0. The number of hydrogen-bond donors (Lipinski definition) is 0. The molecule has 0 radical (unpaired) electrons. The number of halogens is 1. The maximum absolute atomic E-state index is 6.62. The molecule has 0 atom stereocenters. The quantitative estimate of drug-likeness (QED) is 0.125. The Morgan fingerprint density at radius 3 is 0.875 bits per heavy atom. The molecule has 22 aromatic rings. The summed E-state index contributed by atoms with van der Waals surface area (Å²) in [5.41, 5.74) is 33.8. The Bertz CT molecular complexity index is 8360. The molecule has 4 aliphatic carbocycles. The Balaban J connectivity index is 0.000000123. The number of rotatable bonds is 10. The van der Waals surface area contributed by atoms with Gasteiger partial charge in [0.25, 0.3) is 0 Å². The maximum atomic E-state index is 6.62. The summed E-state index contributed by atoms with van der Waals surface area (Å²) in [4.78, 5) is 30.2. The molecule has 136 heavy (non-hydrogen) atoms. The highest BCUT2D eigenvalue weighted by atomic mass is 35.5. The zero-order valence-corrected chi connectivity index (χ0v) is 76.1. The predicted octanol–water partition coefficient (Wildman–Crippen LogP) is 32.1. The van der Waals surface area contributed by atoms with Gasteiger partial charge in [0.1, 0.15) is 0 Å². The zero-order chi connectivity index (χ0) is 89.5. The number of aromatic nitrogens is 6. The first-order chi connectivity index (χ1) is 65.8. The molecule has 1 fully saturated rings. The van der Waals surface area contributed by atoms with Crippen molar-refractivity contribution < 1.29 is 9.31 Å². The summed E-state index contributed by atoms with van der Waals surface area (Å²) in [5.74, 6) is 3.04. The third-order valence-electron chi connectivity index (χ3n) is 28.3. The highest BCUT2D eigenvalue weighted by Crippen LogP contribution is 2.66. The van der Waals surface area contributed by atoms with Crippen LogP contribution in [-0.4, -0.2) is 48.2 Å². The molecule has 0 amide bonds. The van der Waals surface area contributed by atoms with Gasteiger partial charge in [0.2, 0.25) is 5.28 Å². The maximum Gasteiger partial charge on any atom is 0.494 e. The average Bonchev–Trinajstić information content (AvgIpc) is 1.51. The van der Waals surface area contributed by atoms with E-state index in [4.69, 9.17) is 45.8 Å². The van der Waals surface area contributed by atoms with Gasteiger partial charge in [-0.1, -0.05) is 427 Å². The third-order valence-corrected chi connectivity index (χ3v) is 30.9. The first-order valence-corrected chi connectivity index (χ1v) is 47.6. The van der Waals surface area contributed by atoms with E-state index >= 15 is 0 Å². The Morgan fingerprint density at radius 1 is 0.221 bits per heavy atom. The molecule has 5 heterocycles. The van der Waals surface area contributed by atoms with Crippen LogP contribution in [0.3, 0.4) is 0 Å². The molecule has 8 nitrogen and oxygen atoms in total. The van der Waals surface area contributed by atoms with Gasteiger partial charge in [-0.2, -0.15) is 9.97 Å². The number of benzene rings is 18. The van der Waals surface area contributed by atoms with Crippen LogP contribution >= 0.6 is 34.3 Å². The second-order valence-corrected chi connectivity index (χ2v) is 38.5. The van der Waals surface area contributed by atoms with Gasteiger partial charge in [-0.25, -0.2) is 19.9 Å². The topological polar surface area (TPSA) is 95.8 Å². The summed E-state index contributed by atoms with van der Waals surface area (Å²) in [6.45, 7) is 8.35. The summed E-state index contributed by atoms with van der Waals surface area (Å²) in [7, 11) is -0.320. The standard InChI is InChI=1S/C58H35N3S.C40H24ClN3.C24H23BO2S.2CH4/c1-2-14-36(15-3-1)37-28-32-39(33-29-37)55-59-56(40-34-30-38(31-35-40)41-20-12-21-45-44-18-7-11-27-52(44)62-54(41)45)61-57(60-55)47-22-13-26-51-53(47)46-19-6-10-25-50(46)58(51)48-23-8-4-16-42(48)43-17-5-9-24-49(43)58;41-39-43-37(27-23-21-26(22-24-27)25-11-2-1-3-12-25)42-38(44-39)31-16-10-20-35-36(31)30-15-6-9-19-34(30)40(35)32-17-7-4-13-28(32)29-14-5-8-18-33(29)40;1-23(2)24(3,4)27-25(26-23)17-14-12-16(13-15-17)18-9-7-10-20-19-8-5-6-11-21(19)28-22(18)20;;/h1-35H;1-24H;5-15H,1-4H3;2*1H4. The lowest BCUT2D eigenvalue weighted by Gasteiger charge is -2.32. The van der Waals surface area contributed by atoms with Gasteiger partial charge in [-0.3, -0.25) is 0 Å². The molecule has 0 N–H and O–H groups in total. The van der Waals surface area contributed by atoms with E-state index in [1.165, 1.54) is 146 Å². The van der Waals surface area contributed by atoms with Crippen molar-refractivity contribution in [3.8, 4) is 146 Å². The number of nitrogens with zero attached hydrogens (tertiary/aromatic N) is 6. The van der Waals surface area contributed by atoms with Crippen molar-refractivity contribution in [1.29, 1.82) is 0 Å². The van der Waals surface area contributed by atoms with E-state index in [-0.39, 0.29) is 38.5 Å². The summed E-state index contributed by atoms with van der Waals surface area (Å²) >= 11 is 10.3. The highest BCUT2D eigenvalue weighted by molar-refractivity contribution is 7.26. The molecule has 1 saturated heterocycles. The van der Waals surface area contributed by atoms with Gasteiger partial charge < -0.3 is 9.31 Å². The minimum Gasteiger partial charge on any atom is -0.399 e. The van der Waals surface area contributed by atoms with Crippen molar-refractivity contribution in [2.45, 2.75) is 64.6 Å². The fourth-order valence-corrected chi connectivity index (χ4v) is 24.1. The van der Waals surface area contributed by atoms with Crippen LogP contribution in [-0.2, 0) is 20.1 Å². The van der Waals surface area contributed by atoms with Crippen LogP contribution in [0.5, 0.6) is 0 Å². The monoisotopic (exact) mass is 1800 g/mol. The summed E-state index contributed by atoms with van der Waals surface area (Å²) < 4.78 is 17.6. The van der Waals surface area contributed by atoms with E-state index in [9.17, 15) is 0 Å². The van der Waals surface area contributed by atoms with E-state index in [1.54, 1.807) is 0 Å². The fourth-order valence-electron chi connectivity index (χ4n) is 21.4. The average molecular weight is 1810 g/mol. The first kappa shape index (κ1) is 84.9. The smallest absolute Gasteiger partial charge is 0.399 e. The number of fused-ring (bicyclic) bond motifs is 26.